The normalized spacial score (nSPS) is 18.4. The molecule has 19 heavy (non-hydrogen) atoms. The van der Waals surface area contributed by atoms with Gasteiger partial charge in [-0.3, -0.25) is 4.90 Å². The summed E-state index contributed by atoms with van der Waals surface area (Å²) in [5.74, 6) is -0.260. The van der Waals surface area contributed by atoms with E-state index in [9.17, 15) is 4.39 Å². The van der Waals surface area contributed by atoms with E-state index in [1.165, 1.54) is 25.3 Å². The second-order valence-electron chi connectivity index (χ2n) is 5.59. The molecular formula is C16H21FN2. The number of likely N-dealkylation sites (tertiary alicyclic amines) is 1. The van der Waals surface area contributed by atoms with Crippen LogP contribution in [0.4, 0.5) is 4.39 Å². The molecule has 1 aromatic carbocycles. The molecule has 0 amide bonds. The molecule has 0 radical (unpaired) electrons. The Morgan fingerprint density at radius 1 is 1.37 bits per heavy atom. The Morgan fingerprint density at radius 2 is 2.11 bits per heavy atom. The Bertz CT molecular complexity index is 486. The first-order chi connectivity index (χ1) is 9.12. The van der Waals surface area contributed by atoms with Crippen LogP contribution in [-0.2, 0) is 6.54 Å². The summed E-state index contributed by atoms with van der Waals surface area (Å²) in [7, 11) is 0. The van der Waals surface area contributed by atoms with E-state index in [4.69, 9.17) is 5.26 Å². The van der Waals surface area contributed by atoms with Gasteiger partial charge in [-0.05, 0) is 43.4 Å². The topological polar surface area (TPSA) is 27.0 Å². The summed E-state index contributed by atoms with van der Waals surface area (Å²) in [5.41, 5.74) is 1.50. The molecule has 1 aliphatic rings. The van der Waals surface area contributed by atoms with Crippen LogP contribution in [0.25, 0.3) is 0 Å². The number of halogens is 1. The van der Waals surface area contributed by atoms with Gasteiger partial charge < -0.3 is 0 Å². The van der Waals surface area contributed by atoms with E-state index < -0.39 is 0 Å². The van der Waals surface area contributed by atoms with Gasteiger partial charge in [-0.1, -0.05) is 19.9 Å². The smallest absolute Gasteiger partial charge is 0.129 e. The first kappa shape index (κ1) is 14.0. The zero-order valence-electron chi connectivity index (χ0n) is 11.7. The van der Waals surface area contributed by atoms with Gasteiger partial charge in [0.1, 0.15) is 5.82 Å². The Kier molecular flexibility index (Phi) is 4.21. The maximum Gasteiger partial charge on any atom is 0.129 e. The Hall–Kier alpha value is -1.40. The van der Waals surface area contributed by atoms with E-state index in [-0.39, 0.29) is 5.82 Å². The zero-order chi connectivity index (χ0) is 13.9. The molecule has 1 aromatic rings. The van der Waals surface area contributed by atoms with Crippen LogP contribution in [-0.4, -0.2) is 18.0 Å². The summed E-state index contributed by atoms with van der Waals surface area (Å²) in [6.07, 6.45) is 3.59. The molecule has 0 atom stereocenters. The van der Waals surface area contributed by atoms with Crippen LogP contribution >= 0.6 is 0 Å². The summed E-state index contributed by atoms with van der Waals surface area (Å²) in [6, 6.07) is 6.74. The molecule has 0 spiro atoms. The fourth-order valence-corrected chi connectivity index (χ4v) is 2.98. The third kappa shape index (κ3) is 2.96. The Balaban J connectivity index is 2.05. The Labute approximate surface area is 114 Å². The van der Waals surface area contributed by atoms with Crippen molar-refractivity contribution in [3.63, 3.8) is 0 Å². The molecule has 102 valence electrons. The molecule has 0 aromatic heterocycles. The van der Waals surface area contributed by atoms with Crippen LogP contribution in [0.3, 0.4) is 0 Å². The van der Waals surface area contributed by atoms with Crippen LogP contribution in [0.2, 0.25) is 0 Å². The number of nitrogens with zero attached hydrogens (tertiary/aromatic N) is 2. The maximum absolute atomic E-state index is 13.9. The van der Waals surface area contributed by atoms with Gasteiger partial charge in [0.15, 0.2) is 0 Å². The monoisotopic (exact) mass is 260 g/mol. The van der Waals surface area contributed by atoms with Crippen molar-refractivity contribution in [3.05, 3.63) is 35.1 Å². The number of hydrogen-bond donors (Lipinski definition) is 0. The molecule has 1 aliphatic heterocycles. The van der Waals surface area contributed by atoms with Gasteiger partial charge in [0, 0.05) is 18.7 Å². The van der Waals surface area contributed by atoms with Crippen molar-refractivity contribution < 1.29 is 4.39 Å². The van der Waals surface area contributed by atoms with E-state index in [1.807, 2.05) is 6.07 Å². The molecular weight excluding hydrogens is 239 g/mol. The van der Waals surface area contributed by atoms with Crippen LogP contribution in [0, 0.1) is 22.6 Å². The van der Waals surface area contributed by atoms with Crippen LogP contribution < -0.4 is 0 Å². The van der Waals surface area contributed by atoms with Gasteiger partial charge in [-0.25, -0.2) is 4.39 Å². The van der Waals surface area contributed by atoms with Gasteiger partial charge in [0.05, 0.1) is 11.6 Å². The lowest BCUT2D eigenvalue weighted by Crippen LogP contribution is -2.26. The molecule has 2 nitrogen and oxygen atoms in total. The highest BCUT2D eigenvalue weighted by molar-refractivity contribution is 5.32. The summed E-state index contributed by atoms with van der Waals surface area (Å²) in [6.45, 7) is 7.24. The highest BCUT2D eigenvalue weighted by Crippen LogP contribution is 2.37. The lowest BCUT2D eigenvalue weighted by molar-refractivity contribution is 0.234. The third-order valence-electron chi connectivity index (χ3n) is 4.59. The number of rotatable bonds is 4. The number of benzene rings is 1. The second-order valence-corrected chi connectivity index (χ2v) is 5.59. The van der Waals surface area contributed by atoms with Gasteiger partial charge in [0.25, 0.3) is 0 Å². The van der Waals surface area contributed by atoms with Crippen molar-refractivity contribution in [1.29, 1.82) is 5.26 Å². The summed E-state index contributed by atoms with van der Waals surface area (Å²) >= 11 is 0. The average Bonchev–Trinajstić information content (AvgIpc) is 2.85. The van der Waals surface area contributed by atoms with Gasteiger partial charge in [-0.2, -0.15) is 5.26 Å². The number of hydrogen-bond acceptors (Lipinski definition) is 2. The van der Waals surface area contributed by atoms with Crippen molar-refractivity contribution in [3.8, 4) is 6.07 Å². The van der Waals surface area contributed by atoms with Crippen LogP contribution in [0.5, 0.6) is 0 Å². The molecule has 0 unspecified atom stereocenters. The van der Waals surface area contributed by atoms with Crippen molar-refractivity contribution in [2.24, 2.45) is 5.41 Å². The average molecular weight is 260 g/mol. The SMILES string of the molecule is CCC1(CC)CCN(Cc2ccc(C#N)cc2F)C1. The molecule has 2 rings (SSSR count). The standard InChI is InChI=1S/C16H21FN2/c1-3-16(4-2)7-8-19(12-16)11-14-6-5-13(10-18)9-15(14)17/h5-6,9H,3-4,7-8,11-12H2,1-2H3. The van der Waals surface area contributed by atoms with Crippen molar-refractivity contribution in [2.75, 3.05) is 13.1 Å². The first-order valence-electron chi connectivity index (χ1n) is 7.03. The Morgan fingerprint density at radius 3 is 2.63 bits per heavy atom. The highest BCUT2D eigenvalue weighted by Gasteiger charge is 2.34. The minimum atomic E-state index is -0.260. The molecule has 0 aliphatic carbocycles. The third-order valence-corrected chi connectivity index (χ3v) is 4.59. The molecule has 0 saturated carbocycles. The minimum Gasteiger partial charge on any atom is -0.298 e. The molecule has 3 heteroatoms. The molecule has 0 bridgehead atoms. The van der Waals surface area contributed by atoms with E-state index in [0.29, 0.717) is 23.1 Å². The minimum absolute atomic E-state index is 0.260. The predicted molar refractivity (Wildman–Crippen MR) is 74.0 cm³/mol. The lowest BCUT2D eigenvalue weighted by atomic mass is 9.82. The molecule has 0 N–H and O–H groups in total. The highest BCUT2D eigenvalue weighted by atomic mass is 19.1. The fourth-order valence-electron chi connectivity index (χ4n) is 2.98. The first-order valence-corrected chi connectivity index (χ1v) is 7.03. The van der Waals surface area contributed by atoms with Crippen molar-refractivity contribution >= 4 is 0 Å². The summed E-state index contributed by atoms with van der Waals surface area (Å²) in [5, 5.41) is 8.74. The van der Waals surface area contributed by atoms with Gasteiger partial charge >= 0.3 is 0 Å². The van der Waals surface area contributed by atoms with Crippen LogP contribution in [0.1, 0.15) is 44.2 Å². The lowest BCUT2D eigenvalue weighted by Gasteiger charge is -2.26. The van der Waals surface area contributed by atoms with E-state index >= 15 is 0 Å². The van der Waals surface area contributed by atoms with Crippen LogP contribution in [0.15, 0.2) is 18.2 Å². The van der Waals surface area contributed by atoms with Crippen molar-refractivity contribution in [2.45, 2.75) is 39.7 Å². The molecule has 1 fully saturated rings. The quantitative estimate of drug-likeness (QED) is 0.825. The summed E-state index contributed by atoms with van der Waals surface area (Å²) in [4.78, 5) is 2.33. The van der Waals surface area contributed by atoms with Gasteiger partial charge in [0.2, 0.25) is 0 Å². The largest absolute Gasteiger partial charge is 0.298 e. The van der Waals surface area contributed by atoms with E-state index in [2.05, 4.69) is 18.7 Å². The van der Waals surface area contributed by atoms with E-state index in [1.54, 1.807) is 12.1 Å². The summed E-state index contributed by atoms with van der Waals surface area (Å²) < 4.78 is 13.9. The fraction of sp³-hybridized carbons (Fsp3) is 0.562. The van der Waals surface area contributed by atoms with Gasteiger partial charge in [-0.15, -0.1) is 0 Å². The maximum atomic E-state index is 13.9. The van der Waals surface area contributed by atoms with E-state index in [0.717, 1.165) is 13.1 Å². The predicted octanol–water partition coefficient (Wildman–Crippen LogP) is 3.71. The molecule has 1 saturated heterocycles. The number of nitriles is 1. The van der Waals surface area contributed by atoms with Crippen molar-refractivity contribution in [1.82, 2.24) is 4.90 Å². The second kappa shape index (κ2) is 5.71. The molecule has 1 heterocycles. The zero-order valence-corrected chi connectivity index (χ0v) is 11.7.